The van der Waals surface area contributed by atoms with E-state index < -0.39 is 5.41 Å². The van der Waals surface area contributed by atoms with Gasteiger partial charge in [-0.1, -0.05) is 6.08 Å². The van der Waals surface area contributed by atoms with Gasteiger partial charge >= 0.3 is 0 Å². The van der Waals surface area contributed by atoms with Crippen LogP contribution in [0.5, 0.6) is 0 Å². The molecule has 12 heavy (non-hydrogen) atoms. The maximum absolute atomic E-state index is 11.5. The molecule has 0 bridgehead atoms. The predicted octanol–water partition coefficient (Wildman–Crippen LogP) is 0.935. The molecule has 0 N–H and O–H groups in total. The number of rotatable bonds is 3. The van der Waals surface area contributed by atoms with Crippen LogP contribution in [0.1, 0.15) is 12.8 Å². The Bertz CT molecular complexity index is 248. The number of likely N-dealkylation sites (N-methyl/N-ethyl adjacent to an activating group) is 1. The number of hydrogen-bond donors (Lipinski definition) is 0. The summed E-state index contributed by atoms with van der Waals surface area (Å²) in [5, 5.41) is 8.72. The number of hydrogen-bond acceptors (Lipinski definition) is 2. The molecule has 1 saturated carbocycles. The summed E-state index contributed by atoms with van der Waals surface area (Å²) >= 11 is 0. The normalized spacial score (nSPS) is 17.7. The third-order valence-corrected chi connectivity index (χ3v) is 2.12. The zero-order chi connectivity index (χ0) is 9.19. The molecular weight excluding hydrogens is 152 g/mol. The Morgan fingerprint density at radius 1 is 1.83 bits per heavy atom. The van der Waals surface area contributed by atoms with Crippen LogP contribution in [0, 0.1) is 16.7 Å². The molecule has 1 amide bonds. The van der Waals surface area contributed by atoms with Gasteiger partial charge in [0.2, 0.25) is 5.91 Å². The van der Waals surface area contributed by atoms with Crippen LogP contribution in [0.15, 0.2) is 12.7 Å². The molecule has 1 aliphatic rings. The van der Waals surface area contributed by atoms with Crippen LogP contribution in [-0.2, 0) is 4.79 Å². The minimum atomic E-state index is -0.683. The third kappa shape index (κ3) is 1.33. The number of carbonyl (C=O) groups is 1. The molecule has 0 aromatic carbocycles. The average molecular weight is 164 g/mol. The first-order valence-electron chi connectivity index (χ1n) is 3.94. The highest BCUT2D eigenvalue weighted by Gasteiger charge is 2.51. The molecule has 0 aromatic rings. The van der Waals surface area contributed by atoms with Crippen molar-refractivity contribution >= 4 is 5.91 Å². The van der Waals surface area contributed by atoms with Gasteiger partial charge in [-0.25, -0.2) is 0 Å². The first kappa shape index (κ1) is 8.79. The highest BCUT2D eigenvalue weighted by Crippen LogP contribution is 2.46. The minimum Gasteiger partial charge on any atom is -0.341 e. The van der Waals surface area contributed by atoms with Crippen LogP contribution in [0.25, 0.3) is 0 Å². The number of amides is 1. The van der Waals surface area contributed by atoms with Crippen molar-refractivity contribution < 1.29 is 4.79 Å². The Labute approximate surface area is 72.3 Å². The van der Waals surface area contributed by atoms with Crippen molar-refractivity contribution in [2.45, 2.75) is 12.8 Å². The summed E-state index contributed by atoms with van der Waals surface area (Å²) < 4.78 is 0. The van der Waals surface area contributed by atoms with E-state index in [-0.39, 0.29) is 5.91 Å². The average Bonchev–Trinajstić information content (AvgIpc) is 2.84. The zero-order valence-electron chi connectivity index (χ0n) is 7.21. The van der Waals surface area contributed by atoms with Crippen LogP contribution in [-0.4, -0.2) is 24.4 Å². The van der Waals surface area contributed by atoms with Crippen LogP contribution in [0.4, 0.5) is 0 Å². The lowest BCUT2D eigenvalue weighted by molar-refractivity contribution is -0.133. The van der Waals surface area contributed by atoms with Gasteiger partial charge in [-0.3, -0.25) is 4.79 Å². The molecule has 0 spiro atoms. The van der Waals surface area contributed by atoms with Crippen LogP contribution in [0.2, 0.25) is 0 Å². The van der Waals surface area contributed by atoms with Crippen molar-refractivity contribution in [3.63, 3.8) is 0 Å². The van der Waals surface area contributed by atoms with Crippen molar-refractivity contribution in [1.82, 2.24) is 4.90 Å². The van der Waals surface area contributed by atoms with Gasteiger partial charge in [0, 0.05) is 13.6 Å². The summed E-state index contributed by atoms with van der Waals surface area (Å²) in [6.45, 7) is 4.05. The standard InChI is InChI=1S/C9H12N2O/c1-3-6-11(2)8(12)9(7-10)4-5-9/h3H,1,4-6H2,2H3. The number of nitrogens with zero attached hydrogens (tertiary/aromatic N) is 2. The second kappa shape index (κ2) is 2.98. The van der Waals surface area contributed by atoms with E-state index in [0.717, 1.165) is 0 Å². The molecule has 3 heteroatoms. The molecule has 0 heterocycles. The maximum atomic E-state index is 11.5. The highest BCUT2D eigenvalue weighted by atomic mass is 16.2. The molecular formula is C9H12N2O. The summed E-state index contributed by atoms with van der Waals surface area (Å²) in [4.78, 5) is 13.0. The molecule has 3 nitrogen and oxygen atoms in total. The monoisotopic (exact) mass is 164 g/mol. The lowest BCUT2D eigenvalue weighted by Crippen LogP contribution is -2.33. The van der Waals surface area contributed by atoms with E-state index in [0.29, 0.717) is 19.4 Å². The van der Waals surface area contributed by atoms with Gasteiger partial charge in [0.25, 0.3) is 0 Å². The molecule has 0 unspecified atom stereocenters. The molecule has 1 fully saturated rings. The molecule has 0 atom stereocenters. The molecule has 0 saturated heterocycles. The van der Waals surface area contributed by atoms with E-state index >= 15 is 0 Å². The fraction of sp³-hybridized carbons (Fsp3) is 0.556. The lowest BCUT2D eigenvalue weighted by Gasteiger charge is -2.17. The fourth-order valence-corrected chi connectivity index (χ4v) is 1.14. The SMILES string of the molecule is C=CCN(C)C(=O)C1(C#N)CC1. The van der Waals surface area contributed by atoms with Crippen molar-refractivity contribution in [2.24, 2.45) is 5.41 Å². The van der Waals surface area contributed by atoms with E-state index in [1.165, 1.54) is 0 Å². The second-order valence-electron chi connectivity index (χ2n) is 3.17. The van der Waals surface area contributed by atoms with E-state index in [2.05, 4.69) is 12.6 Å². The zero-order valence-corrected chi connectivity index (χ0v) is 7.21. The largest absolute Gasteiger partial charge is 0.341 e. The van der Waals surface area contributed by atoms with E-state index in [1.54, 1.807) is 18.0 Å². The van der Waals surface area contributed by atoms with Gasteiger partial charge in [-0.2, -0.15) is 5.26 Å². The lowest BCUT2D eigenvalue weighted by atomic mass is 10.1. The number of carbonyl (C=O) groups excluding carboxylic acids is 1. The Hall–Kier alpha value is -1.30. The van der Waals surface area contributed by atoms with Crippen molar-refractivity contribution in [1.29, 1.82) is 5.26 Å². The molecule has 64 valence electrons. The smallest absolute Gasteiger partial charge is 0.243 e. The van der Waals surface area contributed by atoms with Gasteiger partial charge in [0.1, 0.15) is 5.41 Å². The van der Waals surface area contributed by atoms with Crippen molar-refractivity contribution in [3.05, 3.63) is 12.7 Å². The quantitative estimate of drug-likeness (QED) is 0.582. The van der Waals surface area contributed by atoms with Gasteiger partial charge in [0.15, 0.2) is 0 Å². The van der Waals surface area contributed by atoms with E-state index in [9.17, 15) is 4.79 Å². The third-order valence-electron chi connectivity index (χ3n) is 2.12. The molecule has 0 aromatic heterocycles. The molecule has 0 radical (unpaired) electrons. The van der Waals surface area contributed by atoms with Gasteiger partial charge < -0.3 is 4.90 Å². The highest BCUT2D eigenvalue weighted by molar-refractivity contribution is 5.88. The fourth-order valence-electron chi connectivity index (χ4n) is 1.14. The minimum absolute atomic E-state index is 0.0649. The van der Waals surface area contributed by atoms with Gasteiger partial charge in [-0.05, 0) is 12.8 Å². The van der Waals surface area contributed by atoms with E-state index in [4.69, 9.17) is 5.26 Å². The maximum Gasteiger partial charge on any atom is 0.243 e. The number of nitriles is 1. The summed E-state index contributed by atoms with van der Waals surface area (Å²) in [5.41, 5.74) is -0.683. The Balaban J connectivity index is 2.59. The van der Waals surface area contributed by atoms with Crippen LogP contribution >= 0.6 is 0 Å². The molecule has 1 aliphatic carbocycles. The first-order chi connectivity index (χ1) is 5.66. The Morgan fingerprint density at radius 2 is 2.42 bits per heavy atom. The summed E-state index contributed by atoms with van der Waals surface area (Å²) in [7, 11) is 1.70. The van der Waals surface area contributed by atoms with E-state index in [1.807, 2.05) is 0 Å². The Kier molecular flexibility index (Phi) is 2.18. The summed E-state index contributed by atoms with van der Waals surface area (Å²) in [6, 6.07) is 2.07. The topological polar surface area (TPSA) is 44.1 Å². The Morgan fingerprint density at radius 3 is 2.75 bits per heavy atom. The summed E-state index contributed by atoms with van der Waals surface area (Å²) in [5.74, 6) is -0.0649. The van der Waals surface area contributed by atoms with Gasteiger partial charge in [0.05, 0.1) is 6.07 Å². The molecule has 0 aliphatic heterocycles. The van der Waals surface area contributed by atoms with Crippen LogP contribution in [0.3, 0.4) is 0 Å². The summed E-state index contributed by atoms with van der Waals surface area (Å²) in [6.07, 6.45) is 3.08. The molecule has 1 rings (SSSR count). The van der Waals surface area contributed by atoms with Crippen LogP contribution < -0.4 is 0 Å². The van der Waals surface area contributed by atoms with Crippen molar-refractivity contribution in [3.8, 4) is 6.07 Å². The van der Waals surface area contributed by atoms with Gasteiger partial charge in [-0.15, -0.1) is 6.58 Å². The predicted molar refractivity (Wildman–Crippen MR) is 45.1 cm³/mol. The van der Waals surface area contributed by atoms with Crippen molar-refractivity contribution in [2.75, 3.05) is 13.6 Å². The first-order valence-corrected chi connectivity index (χ1v) is 3.94. The second-order valence-corrected chi connectivity index (χ2v) is 3.17.